The Morgan fingerprint density at radius 1 is 0.893 bits per heavy atom. The molecule has 150 valence electrons. The van der Waals surface area contributed by atoms with Crippen LogP contribution < -0.4 is 10.3 Å². The normalized spacial score (nSPS) is 12.9. The molecule has 3 aromatic rings. The molecule has 0 fully saturated rings. The molecule has 0 amide bonds. The predicted molar refractivity (Wildman–Crippen MR) is 117 cm³/mol. The van der Waals surface area contributed by atoms with Gasteiger partial charge in [0, 0.05) is 10.8 Å². The number of aromatic nitrogens is 1. The van der Waals surface area contributed by atoms with Gasteiger partial charge < -0.3 is 14.6 Å². The Morgan fingerprint density at radius 3 is 1.89 bits per heavy atom. The Morgan fingerprint density at radius 2 is 1.39 bits per heavy atom. The molecule has 0 saturated carbocycles. The van der Waals surface area contributed by atoms with Gasteiger partial charge in [-0.3, -0.25) is 4.79 Å². The van der Waals surface area contributed by atoms with Crippen LogP contribution in [0.3, 0.4) is 0 Å². The SMILES string of the molecule is CCCC[NH+](CCCC)C[C@H](O)Cn1c2ccccc2c(=O)c2ccccc21. The van der Waals surface area contributed by atoms with Gasteiger partial charge in [0.1, 0.15) is 12.6 Å². The fourth-order valence-electron chi connectivity index (χ4n) is 4.06. The third-order valence-electron chi connectivity index (χ3n) is 5.56. The second-order valence-electron chi connectivity index (χ2n) is 7.79. The van der Waals surface area contributed by atoms with E-state index >= 15 is 0 Å². The van der Waals surface area contributed by atoms with E-state index in [0.29, 0.717) is 6.54 Å². The Labute approximate surface area is 167 Å². The van der Waals surface area contributed by atoms with Crippen molar-refractivity contribution in [2.75, 3.05) is 19.6 Å². The van der Waals surface area contributed by atoms with Gasteiger partial charge in [0.2, 0.25) is 0 Å². The van der Waals surface area contributed by atoms with E-state index in [4.69, 9.17) is 0 Å². The lowest BCUT2D eigenvalue weighted by Crippen LogP contribution is -3.13. The van der Waals surface area contributed by atoms with Gasteiger partial charge in [-0.05, 0) is 37.1 Å². The molecular weight excluding hydrogens is 348 g/mol. The van der Waals surface area contributed by atoms with E-state index in [2.05, 4.69) is 18.4 Å². The van der Waals surface area contributed by atoms with Crippen LogP contribution in [-0.2, 0) is 6.54 Å². The molecule has 0 unspecified atom stereocenters. The molecule has 0 aliphatic rings. The van der Waals surface area contributed by atoms with Gasteiger partial charge in [-0.2, -0.15) is 0 Å². The molecule has 1 atom stereocenters. The van der Waals surface area contributed by atoms with Crippen LogP contribution in [0.15, 0.2) is 53.3 Å². The third kappa shape index (κ3) is 4.62. The summed E-state index contributed by atoms with van der Waals surface area (Å²) in [6.07, 6.45) is 4.30. The van der Waals surface area contributed by atoms with Crippen molar-refractivity contribution < 1.29 is 10.0 Å². The molecule has 0 spiro atoms. The summed E-state index contributed by atoms with van der Waals surface area (Å²) in [5, 5.41) is 12.4. The number of para-hydroxylation sites is 2. The fourth-order valence-corrected chi connectivity index (χ4v) is 4.06. The highest BCUT2D eigenvalue weighted by Crippen LogP contribution is 2.19. The third-order valence-corrected chi connectivity index (χ3v) is 5.56. The van der Waals surface area contributed by atoms with Crippen LogP contribution >= 0.6 is 0 Å². The van der Waals surface area contributed by atoms with Crippen LogP contribution in [0, 0.1) is 0 Å². The minimum Gasteiger partial charge on any atom is -0.385 e. The summed E-state index contributed by atoms with van der Waals surface area (Å²) in [7, 11) is 0. The van der Waals surface area contributed by atoms with E-state index < -0.39 is 6.10 Å². The topological polar surface area (TPSA) is 46.7 Å². The van der Waals surface area contributed by atoms with Crippen LogP contribution in [0.5, 0.6) is 0 Å². The van der Waals surface area contributed by atoms with Crippen molar-refractivity contribution in [2.45, 2.75) is 52.2 Å². The Balaban J connectivity index is 1.91. The number of nitrogens with zero attached hydrogens (tertiary/aromatic N) is 1. The summed E-state index contributed by atoms with van der Waals surface area (Å²) < 4.78 is 2.12. The lowest BCUT2D eigenvalue weighted by molar-refractivity contribution is -0.903. The van der Waals surface area contributed by atoms with Crippen molar-refractivity contribution in [3.63, 3.8) is 0 Å². The Kier molecular flexibility index (Phi) is 7.24. The molecule has 28 heavy (non-hydrogen) atoms. The standard InChI is InChI=1S/C24H32N2O2/c1-3-5-15-25(16-6-4-2)17-19(27)18-26-22-13-9-7-11-20(22)24(28)21-12-8-10-14-23(21)26/h7-14,19,27H,3-6,15-18H2,1-2H3/p+1/t19-/m0/s1. The van der Waals surface area contributed by atoms with Crippen LogP contribution in [0.25, 0.3) is 21.8 Å². The summed E-state index contributed by atoms with van der Waals surface area (Å²) in [6, 6.07) is 15.4. The number of aliphatic hydroxyl groups excluding tert-OH is 1. The van der Waals surface area contributed by atoms with Crippen LogP contribution in [-0.4, -0.2) is 35.4 Å². The first-order valence-corrected chi connectivity index (χ1v) is 10.7. The highest BCUT2D eigenvalue weighted by Gasteiger charge is 2.18. The maximum Gasteiger partial charge on any atom is 0.197 e. The number of fused-ring (bicyclic) bond motifs is 2. The number of pyridine rings is 1. The molecule has 4 nitrogen and oxygen atoms in total. The monoisotopic (exact) mass is 381 g/mol. The molecule has 0 radical (unpaired) electrons. The summed E-state index contributed by atoms with van der Waals surface area (Å²) in [6.45, 7) is 7.90. The Bertz CT molecular complexity index is 896. The highest BCUT2D eigenvalue weighted by molar-refractivity contribution is 5.93. The lowest BCUT2D eigenvalue weighted by Gasteiger charge is -2.24. The van der Waals surface area contributed by atoms with E-state index in [-0.39, 0.29) is 5.43 Å². The zero-order chi connectivity index (χ0) is 19.9. The molecule has 0 saturated heterocycles. The van der Waals surface area contributed by atoms with Crippen molar-refractivity contribution in [3.05, 3.63) is 58.8 Å². The van der Waals surface area contributed by atoms with E-state index in [1.165, 1.54) is 30.6 Å². The average molecular weight is 382 g/mol. The van der Waals surface area contributed by atoms with E-state index in [9.17, 15) is 9.90 Å². The number of benzene rings is 2. The molecular formula is C24H33N2O2+. The molecule has 4 heteroatoms. The summed E-state index contributed by atoms with van der Waals surface area (Å²) in [5.41, 5.74) is 1.86. The van der Waals surface area contributed by atoms with Crippen LogP contribution in [0.1, 0.15) is 39.5 Å². The van der Waals surface area contributed by atoms with Crippen molar-refractivity contribution in [1.82, 2.24) is 4.57 Å². The number of unbranched alkanes of at least 4 members (excludes halogenated alkanes) is 2. The summed E-state index contributed by atoms with van der Waals surface area (Å²) >= 11 is 0. The first kappa shape index (κ1) is 20.6. The molecule has 2 aromatic carbocycles. The second kappa shape index (κ2) is 9.85. The molecule has 1 heterocycles. The second-order valence-corrected chi connectivity index (χ2v) is 7.79. The minimum atomic E-state index is -0.446. The zero-order valence-electron chi connectivity index (χ0n) is 17.2. The van der Waals surface area contributed by atoms with Gasteiger partial charge in [0.15, 0.2) is 5.43 Å². The van der Waals surface area contributed by atoms with Gasteiger partial charge >= 0.3 is 0 Å². The molecule has 0 aliphatic carbocycles. The van der Waals surface area contributed by atoms with Gasteiger partial charge in [0.05, 0.1) is 30.7 Å². The number of quaternary nitrogens is 1. The smallest absolute Gasteiger partial charge is 0.197 e. The maximum absolute atomic E-state index is 12.9. The Hall–Kier alpha value is -2.17. The number of nitrogens with one attached hydrogen (secondary N) is 1. The quantitative estimate of drug-likeness (QED) is 0.531. The zero-order valence-corrected chi connectivity index (χ0v) is 17.2. The van der Waals surface area contributed by atoms with Gasteiger partial charge in [-0.15, -0.1) is 0 Å². The van der Waals surface area contributed by atoms with Crippen molar-refractivity contribution in [1.29, 1.82) is 0 Å². The molecule has 0 bridgehead atoms. The number of aliphatic hydroxyl groups is 1. The van der Waals surface area contributed by atoms with Gasteiger partial charge in [-0.1, -0.05) is 51.0 Å². The first-order chi connectivity index (χ1) is 13.7. The largest absolute Gasteiger partial charge is 0.385 e. The van der Waals surface area contributed by atoms with E-state index in [1.807, 2.05) is 48.5 Å². The van der Waals surface area contributed by atoms with Crippen molar-refractivity contribution in [2.24, 2.45) is 0 Å². The van der Waals surface area contributed by atoms with E-state index in [1.54, 1.807) is 0 Å². The number of hydrogen-bond acceptors (Lipinski definition) is 2. The number of hydrogen-bond donors (Lipinski definition) is 2. The molecule has 0 aliphatic heterocycles. The average Bonchev–Trinajstić information content (AvgIpc) is 2.73. The summed E-state index contributed by atoms with van der Waals surface area (Å²) in [4.78, 5) is 14.3. The molecule has 2 N–H and O–H groups in total. The number of rotatable bonds is 10. The summed E-state index contributed by atoms with van der Waals surface area (Å²) in [5.74, 6) is 0. The van der Waals surface area contributed by atoms with Crippen LogP contribution in [0.2, 0.25) is 0 Å². The van der Waals surface area contributed by atoms with Crippen molar-refractivity contribution in [3.8, 4) is 0 Å². The van der Waals surface area contributed by atoms with Gasteiger partial charge in [0.25, 0.3) is 0 Å². The van der Waals surface area contributed by atoms with Gasteiger partial charge in [-0.25, -0.2) is 0 Å². The molecule has 1 aromatic heterocycles. The van der Waals surface area contributed by atoms with E-state index in [0.717, 1.165) is 41.4 Å². The maximum atomic E-state index is 12.9. The minimum absolute atomic E-state index is 0.0649. The predicted octanol–water partition coefficient (Wildman–Crippen LogP) is 3.00. The van der Waals surface area contributed by atoms with Crippen molar-refractivity contribution >= 4 is 21.8 Å². The molecule has 3 rings (SSSR count). The first-order valence-electron chi connectivity index (χ1n) is 10.7. The van der Waals surface area contributed by atoms with Crippen LogP contribution in [0.4, 0.5) is 0 Å². The lowest BCUT2D eigenvalue weighted by atomic mass is 10.1. The highest BCUT2D eigenvalue weighted by atomic mass is 16.3. The fraction of sp³-hybridized carbons (Fsp3) is 0.458.